The van der Waals surface area contributed by atoms with Crippen molar-refractivity contribution >= 4 is 17.5 Å². The molecule has 4 aliphatic rings. The largest absolute Gasteiger partial charge is 0.497 e. The molecule has 3 saturated heterocycles. The Balaban J connectivity index is 1.74. The normalized spacial score (nSPS) is 31.2. The average molecular weight is 329 g/mol. The van der Waals surface area contributed by atoms with E-state index < -0.39 is 11.8 Å². The second kappa shape index (κ2) is 5.77. The molecule has 24 heavy (non-hydrogen) atoms. The summed E-state index contributed by atoms with van der Waals surface area (Å²) in [6.07, 6.45) is 2.33. The van der Waals surface area contributed by atoms with E-state index in [2.05, 4.69) is 4.90 Å². The molecule has 0 aliphatic carbocycles. The Hall–Kier alpha value is -2.08. The minimum Gasteiger partial charge on any atom is -0.497 e. The van der Waals surface area contributed by atoms with E-state index in [1.54, 1.807) is 7.11 Å². The van der Waals surface area contributed by atoms with Crippen molar-refractivity contribution in [2.45, 2.75) is 31.2 Å². The maximum Gasteiger partial charge on any atom is 0.235 e. The second-order valence-corrected chi connectivity index (χ2v) is 7.06. The van der Waals surface area contributed by atoms with Crippen LogP contribution in [0.4, 0.5) is 5.69 Å². The van der Waals surface area contributed by atoms with Crippen LogP contribution in [0, 0.1) is 5.92 Å². The van der Waals surface area contributed by atoms with E-state index in [1.165, 1.54) is 0 Å². The first kappa shape index (κ1) is 15.4. The Morgan fingerprint density at radius 2 is 2.08 bits per heavy atom. The fourth-order valence-corrected chi connectivity index (χ4v) is 4.54. The predicted octanol–water partition coefficient (Wildman–Crippen LogP) is 1.09. The number of rotatable bonds is 4. The van der Waals surface area contributed by atoms with Crippen molar-refractivity contribution in [2.24, 2.45) is 11.7 Å². The van der Waals surface area contributed by atoms with Crippen LogP contribution in [0.25, 0.3) is 0 Å². The molecule has 0 spiro atoms. The van der Waals surface area contributed by atoms with E-state index in [0.29, 0.717) is 5.92 Å². The Kier molecular flexibility index (Phi) is 3.72. The summed E-state index contributed by atoms with van der Waals surface area (Å²) in [5.41, 5.74) is 7.18. The van der Waals surface area contributed by atoms with Crippen molar-refractivity contribution in [1.29, 1.82) is 0 Å². The molecule has 0 aromatic heterocycles. The van der Waals surface area contributed by atoms with Gasteiger partial charge < -0.3 is 20.3 Å². The number of nitrogens with two attached hydrogens (primary N) is 1. The molecule has 6 heteroatoms. The minimum absolute atomic E-state index is 0.0100. The quantitative estimate of drug-likeness (QED) is 0.897. The van der Waals surface area contributed by atoms with Crippen LogP contribution >= 0.6 is 0 Å². The molecule has 4 aliphatic heterocycles. The standard InChI is InChI=1S/C18H23N3O3/c1-24-12-2-3-13-14(9-17(19)22)18(23)21(15(13)8-12)16-10-20-6-4-11(16)5-7-20/h2-3,8,11,14,16H,4-7,9-10H2,1H3,(H2,19,22). The molecule has 2 bridgehead atoms. The summed E-state index contributed by atoms with van der Waals surface area (Å²) in [5.74, 6) is 0.374. The topological polar surface area (TPSA) is 75.9 Å². The van der Waals surface area contributed by atoms with Crippen LogP contribution < -0.4 is 15.4 Å². The third-order valence-corrected chi connectivity index (χ3v) is 5.77. The lowest BCUT2D eigenvalue weighted by atomic mass is 9.83. The molecule has 6 nitrogen and oxygen atoms in total. The van der Waals surface area contributed by atoms with Crippen molar-refractivity contribution in [1.82, 2.24) is 4.90 Å². The van der Waals surface area contributed by atoms with Gasteiger partial charge in [-0.2, -0.15) is 0 Å². The molecule has 2 unspecified atom stereocenters. The Morgan fingerprint density at radius 3 is 2.67 bits per heavy atom. The average Bonchev–Trinajstić information content (AvgIpc) is 2.86. The highest BCUT2D eigenvalue weighted by atomic mass is 16.5. The molecule has 0 radical (unpaired) electrons. The number of primary amides is 1. The van der Waals surface area contributed by atoms with E-state index in [1.807, 2.05) is 23.1 Å². The lowest BCUT2D eigenvalue weighted by Crippen LogP contribution is -2.58. The van der Waals surface area contributed by atoms with Gasteiger partial charge in [-0.25, -0.2) is 0 Å². The number of benzene rings is 1. The third kappa shape index (κ3) is 2.36. The molecule has 2 atom stereocenters. The monoisotopic (exact) mass is 329 g/mol. The van der Waals surface area contributed by atoms with Gasteiger partial charge in [0, 0.05) is 19.0 Å². The molecule has 1 aromatic rings. The molecule has 128 valence electrons. The highest BCUT2D eigenvalue weighted by Gasteiger charge is 2.46. The summed E-state index contributed by atoms with van der Waals surface area (Å²) >= 11 is 0. The lowest BCUT2D eigenvalue weighted by molar-refractivity contribution is -0.125. The van der Waals surface area contributed by atoms with Gasteiger partial charge in [-0.15, -0.1) is 0 Å². The van der Waals surface area contributed by atoms with Crippen molar-refractivity contribution in [3.05, 3.63) is 23.8 Å². The van der Waals surface area contributed by atoms with Crippen LogP contribution in [0.2, 0.25) is 0 Å². The number of anilines is 1. The Bertz CT molecular complexity index is 682. The first-order valence-electron chi connectivity index (χ1n) is 8.60. The number of hydrogen-bond acceptors (Lipinski definition) is 4. The number of piperidine rings is 3. The number of amides is 2. The van der Waals surface area contributed by atoms with Crippen molar-refractivity contribution in [3.8, 4) is 5.75 Å². The van der Waals surface area contributed by atoms with Crippen LogP contribution in [0.1, 0.15) is 30.7 Å². The van der Waals surface area contributed by atoms with E-state index in [4.69, 9.17) is 10.5 Å². The van der Waals surface area contributed by atoms with Gasteiger partial charge in [0.15, 0.2) is 0 Å². The first-order valence-corrected chi connectivity index (χ1v) is 8.60. The smallest absolute Gasteiger partial charge is 0.235 e. The van der Waals surface area contributed by atoms with E-state index in [9.17, 15) is 9.59 Å². The summed E-state index contributed by atoms with van der Waals surface area (Å²) in [6, 6.07) is 5.86. The summed E-state index contributed by atoms with van der Waals surface area (Å²) in [5, 5.41) is 0. The number of ether oxygens (including phenoxy) is 1. The van der Waals surface area contributed by atoms with Gasteiger partial charge >= 0.3 is 0 Å². The number of methoxy groups -OCH3 is 1. The molecule has 3 fully saturated rings. The van der Waals surface area contributed by atoms with E-state index in [0.717, 1.165) is 49.5 Å². The molecular formula is C18H23N3O3. The molecule has 5 rings (SSSR count). The number of fused-ring (bicyclic) bond motifs is 4. The zero-order valence-electron chi connectivity index (χ0n) is 13.9. The van der Waals surface area contributed by atoms with Gasteiger partial charge in [0.2, 0.25) is 11.8 Å². The highest BCUT2D eigenvalue weighted by Crippen LogP contribution is 2.45. The van der Waals surface area contributed by atoms with Gasteiger partial charge in [-0.3, -0.25) is 9.59 Å². The number of hydrogen-bond donors (Lipinski definition) is 1. The Labute approximate surface area is 141 Å². The first-order chi connectivity index (χ1) is 11.6. The van der Waals surface area contributed by atoms with Crippen LogP contribution in [0.3, 0.4) is 0 Å². The summed E-state index contributed by atoms with van der Waals surface area (Å²) in [6.45, 7) is 3.16. The van der Waals surface area contributed by atoms with Crippen molar-refractivity contribution in [2.75, 3.05) is 31.6 Å². The van der Waals surface area contributed by atoms with Crippen LogP contribution in [-0.4, -0.2) is 49.5 Å². The van der Waals surface area contributed by atoms with Gasteiger partial charge in [0.05, 0.1) is 24.8 Å². The summed E-state index contributed by atoms with van der Waals surface area (Å²) < 4.78 is 5.35. The maximum absolute atomic E-state index is 13.1. The van der Waals surface area contributed by atoms with Gasteiger partial charge in [-0.1, -0.05) is 6.07 Å². The summed E-state index contributed by atoms with van der Waals surface area (Å²) in [7, 11) is 1.62. The molecule has 0 saturated carbocycles. The number of carbonyl (C=O) groups is 2. The van der Waals surface area contributed by atoms with Gasteiger partial charge in [0.25, 0.3) is 0 Å². The van der Waals surface area contributed by atoms with E-state index >= 15 is 0 Å². The zero-order valence-corrected chi connectivity index (χ0v) is 13.9. The van der Waals surface area contributed by atoms with Crippen molar-refractivity contribution < 1.29 is 14.3 Å². The van der Waals surface area contributed by atoms with Crippen molar-refractivity contribution in [3.63, 3.8) is 0 Å². The van der Waals surface area contributed by atoms with Crippen LogP contribution in [0.5, 0.6) is 5.75 Å². The second-order valence-electron chi connectivity index (χ2n) is 7.06. The van der Waals surface area contributed by atoms with Crippen LogP contribution in [0.15, 0.2) is 18.2 Å². The van der Waals surface area contributed by atoms with E-state index in [-0.39, 0.29) is 18.4 Å². The predicted molar refractivity (Wildman–Crippen MR) is 90.0 cm³/mol. The van der Waals surface area contributed by atoms with Gasteiger partial charge in [-0.05, 0) is 43.5 Å². The molecular weight excluding hydrogens is 306 g/mol. The SMILES string of the molecule is COc1ccc2c(c1)N(C1CN3CCC1CC3)C(=O)C2CC(N)=O. The molecule has 4 heterocycles. The fourth-order valence-electron chi connectivity index (χ4n) is 4.54. The molecule has 1 aromatic carbocycles. The molecule has 2 N–H and O–H groups in total. The Morgan fingerprint density at radius 1 is 1.33 bits per heavy atom. The molecule has 2 amide bonds. The van der Waals surface area contributed by atoms with Gasteiger partial charge in [0.1, 0.15) is 5.75 Å². The lowest BCUT2D eigenvalue weighted by Gasteiger charge is -2.48. The number of nitrogens with zero attached hydrogens (tertiary/aromatic N) is 2. The fraction of sp³-hybridized carbons (Fsp3) is 0.556. The number of carbonyl (C=O) groups excluding carboxylic acids is 2. The van der Waals surface area contributed by atoms with Crippen LogP contribution in [-0.2, 0) is 9.59 Å². The zero-order chi connectivity index (χ0) is 16.8. The minimum atomic E-state index is -0.459. The third-order valence-electron chi connectivity index (χ3n) is 5.77. The maximum atomic E-state index is 13.1. The summed E-state index contributed by atoms with van der Waals surface area (Å²) in [4.78, 5) is 29.0. The highest BCUT2D eigenvalue weighted by molar-refractivity contribution is 6.07.